The molecule has 1 fully saturated rings. The van der Waals surface area contributed by atoms with Crippen LogP contribution in [0.3, 0.4) is 0 Å². The van der Waals surface area contributed by atoms with Crippen molar-refractivity contribution in [2.24, 2.45) is 11.5 Å². The summed E-state index contributed by atoms with van der Waals surface area (Å²) in [5, 5.41) is 11.7. The molecule has 1 aliphatic rings. The second-order valence-electron chi connectivity index (χ2n) is 6.04. The Morgan fingerprint density at radius 1 is 1.29 bits per heavy atom. The fourth-order valence-electron chi connectivity index (χ4n) is 2.85. The van der Waals surface area contributed by atoms with Gasteiger partial charge in [-0.3, -0.25) is 9.69 Å². The monoisotopic (exact) mass is 355 g/mol. The lowest BCUT2D eigenvalue weighted by molar-refractivity contribution is 0.100. The number of carbonyl (C=O) groups excluding carboxylic acids is 2. The third-order valence-electron chi connectivity index (χ3n) is 4.25. The van der Waals surface area contributed by atoms with Gasteiger partial charge in [0.15, 0.2) is 5.82 Å². The standard InChI is InChI=1S/C15H25N5O3S/c16-13(22)12-10-24-18-14(12)20(15(17)23)9-5-11(21)4-8-19-6-2-1-3-7-19/h10-11,21H,1-9H2,(H2,16,22)(H2,17,23). The number of amides is 3. The summed E-state index contributed by atoms with van der Waals surface area (Å²) >= 11 is 1.03. The summed E-state index contributed by atoms with van der Waals surface area (Å²) in [6.45, 7) is 3.21. The van der Waals surface area contributed by atoms with E-state index in [4.69, 9.17) is 11.5 Å². The Morgan fingerprint density at radius 2 is 2.00 bits per heavy atom. The van der Waals surface area contributed by atoms with Gasteiger partial charge in [-0.15, -0.1) is 0 Å². The number of primary amides is 2. The van der Waals surface area contributed by atoms with Crippen LogP contribution in [0.5, 0.6) is 0 Å². The molecule has 134 valence electrons. The van der Waals surface area contributed by atoms with Crippen molar-refractivity contribution in [3.05, 3.63) is 10.9 Å². The number of carbonyl (C=O) groups is 2. The van der Waals surface area contributed by atoms with Gasteiger partial charge in [-0.1, -0.05) is 6.42 Å². The maximum Gasteiger partial charge on any atom is 0.320 e. The van der Waals surface area contributed by atoms with Crippen molar-refractivity contribution in [3.8, 4) is 0 Å². The predicted octanol–water partition coefficient (Wildman–Crippen LogP) is 0.754. The highest BCUT2D eigenvalue weighted by Gasteiger charge is 2.22. The van der Waals surface area contributed by atoms with Crippen molar-refractivity contribution in [1.82, 2.24) is 9.27 Å². The van der Waals surface area contributed by atoms with E-state index in [0.717, 1.165) is 31.2 Å². The number of anilines is 1. The van der Waals surface area contributed by atoms with Crippen LogP contribution in [0.2, 0.25) is 0 Å². The Balaban J connectivity index is 1.85. The highest BCUT2D eigenvalue weighted by molar-refractivity contribution is 7.04. The fraction of sp³-hybridized carbons (Fsp3) is 0.667. The number of hydrogen-bond acceptors (Lipinski definition) is 6. The van der Waals surface area contributed by atoms with Crippen molar-refractivity contribution in [1.29, 1.82) is 0 Å². The van der Waals surface area contributed by atoms with Gasteiger partial charge in [-0.2, -0.15) is 4.37 Å². The molecule has 0 saturated carbocycles. The molecule has 3 amide bonds. The third-order valence-corrected chi connectivity index (χ3v) is 4.87. The molecule has 9 heteroatoms. The summed E-state index contributed by atoms with van der Waals surface area (Å²) in [6.07, 6.45) is 4.18. The Bertz CT molecular complexity index is 559. The number of aliphatic hydroxyl groups is 1. The highest BCUT2D eigenvalue weighted by Crippen LogP contribution is 2.21. The zero-order valence-corrected chi connectivity index (χ0v) is 14.5. The Hall–Kier alpha value is -1.71. The number of aromatic nitrogens is 1. The molecule has 0 aliphatic carbocycles. The minimum atomic E-state index is -0.716. The lowest BCUT2D eigenvalue weighted by Crippen LogP contribution is -2.39. The van der Waals surface area contributed by atoms with Crippen molar-refractivity contribution in [2.45, 2.75) is 38.2 Å². The van der Waals surface area contributed by atoms with Gasteiger partial charge in [0.05, 0.1) is 11.7 Å². The molecule has 2 heterocycles. The van der Waals surface area contributed by atoms with Crippen LogP contribution < -0.4 is 16.4 Å². The lowest BCUT2D eigenvalue weighted by Gasteiger charge is -2.27. The zero-order chi connectivity index (χ0) is 17.5. The summed E-state index contributed by atoms with van der Waals surface area (Å²) < 4.78 is 4.03. The predicted molar refractivity (Wildman–Crippen MR) is 93.1 cm³/mol. The second-order valence-corrected chi connectivity index (χ2v) is 6.67. The second kappa shape index (κ2) is 8.95. The maximum atomic E-state index is 11.7. The number of nitrogens with zero attached hydrogens (tertiary/aromatic N) is 3. The number of hydrogen-bond donors (Lipinski definition) is 3. The first-order valence-corrected chi connectivity index (χ1v) is 9.04. The summed E-state index contributed by atoms with van der Waals surface area (Å²) in [6, 6.07) is -0.716. The number of aliphatic hydroxyl groups excluding tert-OH is 1. The van der Waals surface area contributed by atoms with E-state index in [0.29, 0.717) is 12.8 Å². The summed E-state index contributed by atoms with van der Waals surface area (Å²) in [4.78, 5) is 26.6. The summed E-state index contributed by atoms with van der Waals surface area (Å²) in [7, 11) is 0. The molecule has 24 heavy (non-hydrogen) atoms. The highest BCUT2D eigenvalue weighted by atomic mass is 32.1. The van der Waals surface area contributed by atoms with E-state index in [1.807, 2.05) is 0 Å². The number of urea groups is 1. The summed E-state index contributed by atoms with van der Waals surface area (Å²) in [5.74, 6) is -0.487. The normalized spacial score (nSPS) is 16.7. The van der Waals surface area contributed by atoms with E-state index in [9.17, 15) is 14.7 Å². The molecule has 1 unspecified atom stereocenters. The molecule has 0 aromatic carbocycles. The van der Waals surface area contributed by atoms with Gasteiger partial charge in [0.25, 0.3) is 5.91 Å². The Morgan fingerprint density at radius 3 is 2.62 bits per heavy atom. The van der Waals surface area contributed by atoms with Crippen molar-refractivity contribution < 1.29 is 14.7 Å². The molecule has 0 radical (unpaired) electrons. The molecule has 1 aliphatic heterocycles. The minimum absolute atomic E-state index is 0.168. The number of rotatable bonds is 8. The van der Waals surface area contributed by atoms with E-state index in [1.165, 1.54) is 29.5 Å². The Kier molecular flexibility index (Phi) is 6.95. The van der Waals surface area contributed by atoms with E-state index in [1.54, 1.807) is 0 Å². The smallest absolute Gasteiger partial charge is 0.320 e. The van der Waals surface area contributed by atoms with Crippen LogP contribution in [0.15, 0.2) is 5.38 Å². The first-order chi connectivity index (χ1) is 11.5. The third kappa shape index (κ3) is 5.15. The van der Waals surface area contributed by atoms with Gasteiger partial charge in [-0.05, 0) is 50.3 Å². The van der Waals surface area contributed by atoms with Crippen molar-refractivity contribution >= 4 is 29.3 Å². The first kappa shape index (κ1) is 18.6. The van der Waals surface area contributed by atoms with Crippen LogP contribution >= 0.6 is 11.5 Å². The minimum Gasteiger partial charge on any atom is -0.393 e. The molecule has 5 N–H and O–H groups in total. The quantitative estimate of drug-likeness (QED) is 0.634. The van der Waals surface area contributed by atoms with Crippen LogP contribution in [0, 0.1) is 0 Å². The molecular weight excluding hydrogens is 330 g/mol. The first-order valence-electron chi connectivity index (χ1n) is 8.20. The van der Waals surface area contributed by atoms with E-state index < -0.39 is 18.0 Å². The lowest BCUT2D eigenvalue weighted by atomic mass is 10.1. The average Bonchev–Trinajstić information content (AvgIpc) is 3.03. The van der Waals surface area contributed by atoms with E-state index in [2.05, 4.69) is 9.27 Å². The van der Waals surface area contributed by atoms with E-state index in [-0.39, 0.29) is 17.9 Å². The van der Waals surface area contributed by atoms with Crippen LogP contribution in [0.4, 0.5) is 10.6 Å². The molecule has 8 nitrogen and oxygen atoms in total. The van der Waals surface area contributed by atoms with Gasteiger partial charge in [0.2, 0.25) is 0 Å². The molecule has 1 aromatic rings. The summed E-state index contributed by atoms with van der Waals surface area (Å²) in [5.41, 5.74) is 10.8. The van der Waals surface area contributed by atoms with Crippen LogP contribution in [0.25, 0.3) is 0 Å². The van der Waals surface area contributed by atoms with Crippen molar-refractivity contribution in [2.75, 3.05) is 31.1 Å². The maximum absolute atomic E-state index is 11.7. The molecule has 0 spiro atoms. The Labute approximate surface area is 145 Å². The van der Waals surface area contributed by atoms with Gasteiger partial charge in [0.1, 0.15) is 0 Å². The largest absolute Gasteiger partial charge is 0.393 e. The molecule has 1 saturated heterocycles. The van der Waals surface area contributed by atoms with Crippen LogP contribution in [-0.2, 0) is 0 Å². The van der Waals surface area contributed by atoms with Gasteiger partial charge in [0, 0.05) is 18.5 Å². The topological polar surface area (TPSA) is 126 Å². The van der Waals surface area contributed by atoms with Crippen molar-refractivity contribution in [3.63, 3.8) is 0 Å². The molecule has 2 rings (SSSR count). The van der Waals surface area contributed by atoms with Crippen LogP contribution in [-0.4, -0.2) is 58.6 Å². The van der Waals surface area contributed by atoms with E-state index >= 15 is 0 Å². The molecular formula is C15H25N5O3S. The number of piperidine rings is 1. The van der Waals surface area contributed by atoms with Gasteiger partial charge in [-0.25, -0.2) is 4.79 Å². The van der Waals surface area contributed by atoms with Gasteiger partial charge < -0.3 is 21.5 Å². The van der Waals surface area contributed by atoms with Crippen LogP contribution in [0.1, 0.15) is 42.5 Å². The molecule has 0 bridgehead atoms. The fourth-order valence-corrected chi connectivity index (χ4v) is 3.53. The zero-order valence-electron chi connectivity index (χ0n) is 13.7. The number of nitrogens with two attached hydrogens (primary N) is 2. The molecule has 1 aromatic heterocycles. The SMILES string of the molecule is NC(=O)c1csnc1N(CCC(O)CCN1CCCCC1)C(N)=O. The molecule has 1 atom stereocenters. The number of likely N-dealkylation sites (tertiary alicyclic amines) is 1. The average molecular weight is 355 g/mol. The van der Waals surface area contributed by atoms with Gasteiger partial charge >= 0.3 is 6.03 Å².